The third-order valence-corrected chi connectivity index (χ3v) is 6.18. The van der Waals surface area contributed by atoms with Gasteiger partial charge in [-0.1, -0.05) is 57.6 Å². The van der Waals surface area contributed by atoms with E-state index in [1.165, 1.54) is 70.6 Å². The Balaban J connectivity index is 1.37. The molecule has 5 heteroatoms. The molecule has 5 nitrogen and oxygen atoms in total. The summed E-state index contributed by atoms with van der Waals surface area (Å²) in [6.07, 6.45) is 21.1. The minimum absolute atomic E-state index is 0.455. The normalized spacial score (nSPS) is 21.0. The molecule has 0 radical (unpaired) electrons. The van der Waals surface area contributed by atoms with Crippen LogP contribution in [0, 0.1) is 0 Å². The lowest BCUT2D eigenvalue weighted by Crippen LogP contribution is -2.28. The smallest absolute Gasteiger partial charge is 0.224 e. The number of rotatable bonds is 11. The standard InChI is InChI=1S/C24H41N5/c1-2-3-4-5-6-7-8-11-17-28-20-15-22(21-28)26-24-25-16-14-23(27-24)29-18-12-9-10-13-19-29/h8,11,14,16,22H,2-7,9-10,12-13,15,17-21H2,1H3,(H,25,26,27)/b11-8+. The lowest BCUT2D eigenvalue weighted by Gasteiger charge is -2.22. The van der Waals surface area contributed by atoms with Gasteiger partial charge in [-0.2, -0.15) is 4.98 Å². The van der Waals surface area contributed by atoms with Crippen LogP contribution in [0.5, 0.6) is 0 Å². The first kappa shape index (κ1) is 22.1. The fraction of sp³-hybridized carbons (Fsp3) is 0.750. The maximum Gasteiger partial charge on any atom is 0.224 e. The van der Waals surface area contributed by atoms with Gasteiger partial charge in [0.05, 0.1) is 0 Å². The molecule has 29 heavy (non-hydrogen) atoms. The Morgan fingerprint density at radius 1 is 1.03 bits per heavy atom. The van der Waals surface area contributed by atoms with Crippen LogP contribution in [0.1, 0.15) is 77.6 Å². The Labute approximate surface area is 178 Å². The first-order valence-corrected chi connectivity index (χ1v) is 12.1. The van der Waals surface area contributed by atoms with E-state index in [0.717, 1.165) is 44.5 Å². The van der Waals surface area contributed by atoms with E-state index in [9.17, 15) is 0 Å². The molecule has 2 fully saturated rings. The van der Waals surface area contributed by atoms with Crippen molar-refractivity contribution in [2.45, 2.75) is 83.6 Å². The first-order chi connectivity index (χ1) is 14.3. The fourth-order valence-electron chi connectivity index (χ4n) is 4.40. The van der Waals surface area contributed by atoms with Gasteiger partial charge in [0, 0.05) is 45.0 Å². The molecule has 162 valence electrons. The van der Waals surface area contributed by atoms with Gasteiger partial charge in [-0.05, 0) is 38.2 Å². The van der Waals surface area contributed by atoms with Crippen molar-refractivity contribution in [3.63, 3.8) is 0 Å². The SMILES string of the molecule is CCCCCCC/C=C/CN1CCC(Nc2nccc(N3CCCCCC3)n2)C1. The molecular formula is C24H41N5. The highest BCUT2D eigenvalue weighted by molar-refractivity contribution is 5.43. The molecule has 3 heterocycles. The van der Waals surface area contributed by atoms with Crippen LogP contribution in [0.3, 0.4) is 0 Å². The second kappa shape index (κ2) is 12.8. The molecule has 1 N–H and O–H groups in total. The van der Waals surface area contributed by atoms with Gasteiger partial charge in [0.15, 0.2) is 0 Å². The predicted molar refractivity (Wildman–Crippen MR) is 124 cm³/mol. The summed E-state index contributed by atoms with van der Waals surface area (Å²) in [4.78, 5) is 14.3. The van der Waals surface area contributed by atoms with Crippen molar-refractivity contribution in [2.75, 3.05) is 42.9 Å². The maximum atomic E-state index is 4.81. The topological polar surface area (TPSA) is 44.3 Å². The summed E-state index contributed by atoms with van der Waals surface area (Å²) in [5.74, 6) is 1.88. The van der Waals surface area contributed by atoms with Gasteiger partial charge in [0.25, 0.3) is 0 Å². The van der Waals surface area contributed by atoms with Crippen LogP contribution in [-0.4, -0.2) is 53.6 Å². The number of hydrogen-bond acceptors (Lipinski definition) is 5. The predicted octanol–water partition coefficient (Wildman–Crippen LogP) is 5.26. The summed E-state index contributed by atoms with van der Waals surface area (Å²) in [6, 6.07) is 2.52. The van der Waals surface area contributed by atoms with E-state index in [0.29, 0.717) is 6.04 Å². The van der Waals surface area contributed by atoms with Gasteiger partial charge in [0.2, 0.25) is 5.95 Å². The summed E-state index contributed by atoms with van der Waals surface area (Å²) in [5.41, 5.74) is 0. The van der Waals surface area contributed by atoms with E-state index < -0.39 is 0 Å². The number of hydrogen-bond donors (Lipinski definition) is 1. The number of unbranched alkanes of at least 4 members (excludes halogenated alkanes) is 5. The molecule has 1 atom stereocenters. The molecule has 1 unspecified atom stereocenters. The molecule has 2 saturated heterocycles. The lowest BCUT2D eigenvalue weighted by molar-refractivity contribution is 0.373. The molecule has 0 aromatic carbocycles. The second-order valence-corrected chi connectivity index (χ2v) is 8.70. The van der Waals surface area contributed by atoms with E-state index >= 15 is 0 Å². The number of allylic oxidation sites excluding steroid dienone is 1. The third kappa shape index (κ3) is 7.96. The van der Waals surface area contributed by atoms with Crippen molar-refractivity contribution in [3.05, 3.63) is 24.4 Å². The van der Waals surface area contributed by atoms with Crippen molar-refractivity contribution in [1.29, 1.82) is 0 Å². The molecule has 0 amide bonds. The molecule has 2 aliphatic heterocycles. The molecule has 0 aliphatic carbocycles. The third-order valence-electron chi connectivity index (χ3n) is 6.18. The Kier molecular flexibility index (Phi) is 9.77. The van der Waals surface area contributed by atoms with Crippen molar-refractivity contribution in [3.8, 4) is 0 Å². The zero-order valence-electron chi connectivity index (χ0n) is 18.5. The van der Waals surface area contributed by atoms with Crippen LogP contribution in [0.2, 0.25) is 0 Å². The number of nitrogens with zero attached hydrogens (tertiary/aromatic N) is 4. The largest absolute Gasteiger partial charge is 0.356 e. The van der Waals surface area contributed by atoms with Crippen LogP contribution in [-0.2, 0) is 0 Å². The van der Waals surface area contributed by atoms with E-state index in [4.69, 9.17) is 4.98 Å². The maximum absolute atomic E-state index is 4.81. The van der Waals surface area contributed by atoms with Gasteiger partial charge < -0.3 is 10.2 Å². The summed E-state index contributed by atoms with van der Waals surface area (Å²) in [7, 11) is 0. The van der Waals surface area contributed by atoms with Crippen LogP contribution in [0.4, 0.5) is 11.8 Å². The quantitative estimate of drug-likeness (QED) is 0.406. The van der Waals surface area contributed by atoms with Crippen LogP contribution in [0.15, 0.2) is 24.4 Å². The highest BCUT2D eigenvalue weighted by Crippen LogP contribution is 2.19. The zero-order chi connectivity index (χ0) is 20.2. The lowest BCUT2D eigenvalue weighted by atomic mass is 10.1. The van der Waals surface area contributed by atoms with Crippen LogP contribution >= 0.6 is 0 Å². The summed E-state index contributed by atoms with van der Waals surface area (Å²) < 4.78 is 0. The fourth-order valence-corrected chi connectivity index (χ4v) is 4.40. The second-order valence-electron chi connectivity index (χ2n) is 8.70. The monoisotopic (exact) mass is 399 g/mol. The molecule has 1 aromatic rings. The van der Waals surface area contributed by atoms with Gasteiger partial charge in [0.1, 0.15) is 5.82 Å². The molecule has 0 saturated carbocycles. The van der Waals surface area contributed by atoms with Crippen molar-refractivity contribution in [1.82, 2.24) is 14.9 Å². The minimum Gasteiger partial charge on any atom is -0.356 e. The van der Waals surface area contributed by atoms with E-state index in [1.807, 2.05) is 6.20 Å². The van der Waals surface area contributed by atoms with Crippen LogP contribution in [0.25, 0.3) is 0 Å². The number of aromatic nitrogens is 2. The Morgan fingerprint density at radius 3 is 2.69 bits per heavy atom. The Hall–Kier alpha value is -1.62. The van der Waals surface area contributed by atoms with Gasteiger partial charge >= 0.3 is 0 Å². The Morgan fingerprint density at radius 2 is 1.86 bits per heavy atom. The zero-order valence-corrected chi connectivity index (χ0v) is 18.5. The van der Waals surface area contributed by atoms with Gasteiger partial charge in [-0.3, -0.25) is 4.90 Å². The van der Waals surface area contributed by atoms with Gasteiger partial charge in [-0.25, -0.2) is 4.98 Å². The molecular weight excluding hydrogens is 358 g/mol. The summed E-state index contributed by atoms with van der Waals surface area (Å²) >= 11 is 0. The van der Waals surface area contributed by atoms with E-state index in [1.54, 1.807) is 0 Å². The minimum atomic E-state index is 0.455. The molecule has 2 aliphatic rings. The van der Waals surface area contributed by atoms with Crippen molar-refractivity contribution in [2.24, 2.45) is 0 Å². The summed E-state index contributed by atoms with van der Waals surface area (Å²) in [5, 5.41) is 3.58. The van der Waals surface area contributed by atoms with E-state index in [-0.39, 0.29) is 0 Å². The highest BCUT2D eigenvalue weighted by Gasteiger charge is 2.22. The van der Waals surface area contributed by atoms with E-state index in [2.05, 4.69) is 45.2 Å². The van der Waals surface area contributed by atoms with Crippen molar-refractivity contribution >= 4 is 11.8 Å². The average Bonchev–Trinajstić information content (AvgIpc) is 3.00. The molecule has 0 bridgehead atoms. The number of anilines is 2. The van der Waals surface area contributed by atoms with Crippen LogP contribution < -0.4 is 10.2 Å². The molecule has 0 spiro atoms. The average molecular weight is 400 g/mol. The highest BCUT2D eigenvalue weighted by atomic mass is 15.3. The van der Waals surface area contributed by atoms with Crippen molar-refractivity contribution < 1.29 is 0 Å². The number of likely N-dealkylation sites (tertiary alicyclic amines) is 1. The molecule has 1 aromatic heterocycles. The Bertz CT molecular complexity index is 595. The first-order valence-electron chi connectivity index (χ1n) is 12.1. The summed E-state index contributed by atoms with van der Waals surface area (Å²) in [6.45, 7) is 7.83. The van der Waals surface area contributed by atoms with Gasteiger partial charge in [-0.15, -0.1) is 0 Å². The molecule has 3 rings (SSSR count). The number of nitrogens with one attached hydrogen (secondary N) is 1.